The summed E-state index contributed by atoms with van der Waals surface area (Å²) in [4.78, 5) is 26.7. The number of carbonyl (C=O) groups is 2. The summed E-state index contributed by atoms with van der Waals surface area (Å²) < 4.78 is 9.31. The fraction of sp³-hybridized carbons (Fsp3) is 0.0909. The standard InChI is InChI=1S/C11H8ClN3O4/c12-8-2-1-7(5-13-8)11(17)18-6-10(16)14-9-3-4-19-15-9/h1-5H,6H2,(H,14,15,16). The van der Waals surface area contributed by atoms with Gasteiger partial charge in [-0.05, 0) is 12.1 Å². The maximum absolute atomic E-state index is 11.5. The second kappa shape index (κ2) is 5.96. The number of nitrogens with one attached hydrogen (secondary N) is 1. The van der Waals surface area contributed by atoms with Crippen LogP contribution in [0, 0.1) is 0 Å². The minimum atomic E-state index is -0.667. The second-order valence-electron chi connectivity index (χ2n) is 3.38. The number of ether oxygens (including phenoxy) is 1. The number of anilines is 1. The Morgan fingerprint density at radius 2 is 2.21 bits per heavy atom. The highest BCUT2D eigenvalue weighted by Gasteiger charge is 2.11. The van der Waals surface area contributed by atoms with Crippen molar-refractivity contribution >= 4 is 29.3 Å². The summed E-state index contributed by atoms with van der Waals surface area (Å²) in [5.74, 6) is -0.946. The minimum Gasteiger partial charge on any atom is -0.452 e. The van der Waals surface area contributed by atoms with Gasteiger partial charge in [0.1, 0.15) is 11.4 Å². The third kappa shape index (κ3) is 3.78. The van der Waals surface area contributed by atoms with Gasteiger partial charge in [0.25, 0.3) is 5.91 Å². The van der Waals surface area contributed by atoms with E-state index in [9.17, 15) is 9.59 Å². The second-order valence-corrected chi connectivity index (χ2v) is 3.77. The third-order valence-corrected chi connectivity index (χ3v) is 2.23. The summed E-state index contributed by atoms with van der Waals surface area (Å²) in [6.07, 6.45) is 2.57. The quantitative estimate of drug-likeness (QED) is 0.674. The van der Waals surface area contributed by atoms with Gasteiger partial charge in [-0.1, -0.05) is 16.8 Å². The van der Waals surface area contributed by atoms with Crippen LogP contribution in [0.25, 0.3) is 0 Å². The van der Waals surface area contributed by atoms with E-state index in [2.05, 4.69) is 20.0 Å². The van der Waals surface area contributed by atoms with Crippen LogP contribution in [-0.2, 0) is 9.53 Å². The average Bonchev–Trinajstić information content (AvgIpc) is 2.89. The molecule has 0 saturated heterocycles. The Bertz CT molecular complexity index is 568. The molecule has 1 amide bonds. The number of halogens is 1. The predicted octanol–water partition coefficient (Wildman–Crippen LogP) is 1.52. The molecule has 7 nitrogen and oxygen atoms in total. The van der Waals surface area contributed by atoms with E-state index < -0.39 is 18.5 Å². The number of rotatable bonds is 4. The molecule has 0 aliphatic rings. The number of hydrogen-bond acceptors (Lipinski definition) is 6. The van der Waals surface area contributed by atoms with Crippen LogP contribution in [-0.4, -0.2) is 28.6 Å². The van der Waals surface area contributed by atoms with Gasteiger partial charge in [-0.3, -0.25) is 4.79 Å². The van der Waals surface area contributed by atoms with E-state index in [4.69, 9.17) is 16.3 Å². The molecule has 0 aliphatic carbocycles. The van der Waals surface area contributed by atoms with Crippen LogP contribution in [0.1, 0.15) is 10.4 Å². The number of pyridine rings is 1. The van der Waals surface area contributed by atoms with Crippen molar-refractivity contribution in [2.24, 2.45) is 0 Å². The molecule has 98 valence electrons. The van der Waals surface area contributed by atoms with Gasteiger partial charge in [-0.25, -0.2) is 9.78 Å². The van der Waals surface area contributed by atoms with Gasteiger partial charge in [0.2, 0.25) is 0 Å². The summed E-state index contributed by atoms with van der Waals surface area (Å²) in [6, 6.07) is 4.36. The highest BCUT2D eigenvalue weighted by Crippen LogP contribution is 2.06. The molecule has 19 heavy (non-hydrogen) atoms. The van der Waals surface area contributed by atoms with Crippen molar-refractivity contribution in [1.29, 1.82) is 0 Å². The lowest BCUT2D eigenvalue weighted by atomic mass is 10.3. The first kappa shape index (κ1) is 13.0. The van der Waals surface area contributed by atoms with Gasteiger partial charge in [-0.2, -0.15) is 0 Å². The summed E-state index contributed by atoms with van der Waals surface area (Å²) in [5.41, 5.74) is 0.207. The van der Waals surface area contributed by atoms with E-state index in [1.54, 1.807) is 0 Å². The van der Waals surface area contributed by atoms with Gasteiger partial charge in [0.15, 0.2) is 12.4 Å². The molecule has 1 N–H and O–H groups in total. The molecule has 0 saturated carbocycles. The van der Waals surface area contributed by atoms with Crippen LogP contribution in [0.4, 0.5) is 5.82 Å². The Kier molecular flexibility index (Phi) is 4.09. The Labute approximate surface area is 112 Å². The largest absolute Gasteiger partial charge is 0.452 e. The van der Waals surface area contributed by atoms with Gasteiger partial charge >= 0.3 is 5.97 Å². The number of amides is 1. The first-order chi connectivity index (χ1) is 9.15. The number of hydrogen-bond donors (Lipinski definition) is 1. The van der Waals surface area contributed by atoms with Crippen molar-refractivity contribution in [1.82, 2.24) is 10.1 Å². The Morgan fingerprint density at radius 3 is 2.84 bits per heavy atom. The zero-order valence-corrected chi connectivity index (χ0v) is 10.3. The number of carbonyl (C=O) groups excluding carboxylic acids is 2. The molecule has 0 aromatic carbocycles. The Balaban J connectivity index is 1.83. The molecular weight excluding hydrogens is 274 g/mol. The predicted molar refractivity (Wildman–Crippen MR) is 64.7 cm³/mol. The van der Waals surface area contributed by atoms with Crippen LogP contribution < -0.4 is 5.32 Å². The van der Waals surface area contributed by atoms with E-state index in [0.29, 0.717) is 0 Å². The van der Waals surface area contributed by atoms with Crippen LogP contribution in [0.5, 0.6) is 0 Å². The van der Waals surface area contributed by atoms with Gasteiger partial charge in [0.05, 0.1) is 5.56 Å². The van der Waals surface area contributed by atoms with Gasteiger partial charge in [0, 0.05) is 12.3 Å². The number of esters is 1. The first-order valence-electron chi connectivity index (χ1n) is 5.14. The summed E-state index contributed by atoms with van der Waals surface area (Å²) in [5, 5.41) is 6.12. The van der Waals surface area contributed by atoms with E-state index in [-0.39, 0.29) is 16.5 Å². The highest BCUT2D eigenvalue weighted by molar-refractivity contribution is 6.29. The average molecular weight is 282 g/mol. The molecule has 8 heteroatoms. The SMILES string of the molecule is O=C(COC(=O)c1ccc(Cl)nc1)Nc1ccon1. The first-order valence-corrected chi connectivity index (χ1v) is 5.52. The highest BCUT2D eigenvalue weighted by atomic mass is 35.5. The van der Waals surface area contributed by atoms with Crippen LogP contribution in [0.15, 0.2) is 35.2 Å². The lowest BCUT2D eigenvalue weighted by Gasteiger charge is -2.04. The van der Waals surface area contributed by atoms with Gasteiger partial charge in [-0.15, -0.1) is 0 Å². The molecule has 2 aromatic heterocycles. The maximum atomic E-state index is 11.5. The number of nitrogens with zero attached hydrogens (tertiary/aromatic N) is 2. The molecule has 2 aromatic rings. The third-order valence-electron chi connectivity index (χ3n) is 2.00. The van der Waals surface area contributed by atoms with Crippen molar-refractivity contribution in [3.8, 4) is 0 Å². The fourth-order valence-corrected chi connectivity index (χ4v) is 1.28. The molecule has 0 aliphatic heterocycles. The zero-order valence-electron chi connectivity index (χ0n) is 9.50. The maximum Gasteiger partial charge on any atom is 0.340 e. The Morgan fingerprint density at radius 1 is 1.37 bits per heavy atom. The molecular formula is C11H8ClN3O4. The van der Waals surface area contributed by atoms with E-state index in [1.165, 1.54) is 30.7 Å². The molecule has 2 rings (SSSR count). The van der Waals surface area contributed by atoms with Gasteiger partial charge < -0.3 is 14.6 Å². The summed E-state index contributed by atoms with van der Waals surface area (Å²) in [6.45, 7) is -0.436. The normalized spacial score (nSPS) is 9.95. The van der Waals surface area contributed by atoms with Crippen molar-refractivity contribution < 1.29 is 18.8 Å². The topological polar surface area (TPSA) is 94.3 Å². The molecule has 2 heterocycles. The van der Waals surface area contributed by atoms with Crippen molar-refractivity contribution in [2.75, 3.05) is 11.9 Å². The van der Waals surface area contributed by atoms with Crippen LogP contribution in [0.2, 0.25) is 5.15 Å². The molecule has 0 bridgehead atoms. The Hall–Kier alpha value is -2.41. The molecule has 0 unspecified atom stereocenters. The van der Waals surface area contributed by atoms with Crippen LogP contribution in [0.3, 0.4) is 0 Å². The van der Waals surface area contributed by atoms with Crippen molar-refractivity contribution in [3.05, 3.63) is 41.4 Å². The molecule has 0 radical (unpaired) electrons. The molecule has 0 fully saturated rings. The van der Waals surface area contributed by atoms with E-state index in [1.807, 2.05) is 0 Å². The molecule has 0 spiro atoms. The summed E-state index contributed by atoms with van der Waals surface area (Å²) >= 11 is 5.58. The lowest BCUT2D eigenvalue weighted by molar-refractivity contribution is -0.119. The van der Waals surface area contributed by atoms with E-state index >= 15 is 0 Å². The minimum absolute atomic E-state index is 0.207. The van der Waals surface area contributed by atoms with Crippen LogP contribution >= 0.6 is 11.6 Å². The summed E-state index contributed by atoms with van der Waals surface area (Å²) in [7, 11) is 0. The smallest absolute Gasteiger partial charge is 0.340 e. The van der Waals surface area contributed by atoms with Crippen molar-refractivity contribution in [2.45, 2.75) is 0 Å². The fourth-order valence-electron chi connectivity index (χ4n) is 1.17. The zero-order chi connectivity index (χ0) is 13.7. The number of aromatic nitrogens is 2. The molecule has 0 atom stereocenters. The monoisotopic (exact) mass is 281 g/mol. The van der Waals surface area contributed by atoms with E-state index in [0.717, 1.165) is 0 Å². The lowest BCUT2D eigenvalue weighted by Crippen LogP contribution is -2.21. The van der Waals surface area contributed by atoms with Crippen molar-refractivity contribution in [3.63, 3.8) is 0 Å².